The second-order valence-corrected chi connectivity index (χ2v) is 10.9. The third-order valence-corrected chi connectivity index (χ3v) is 8.34. The molecule has 0 unspecified atom stereocenters. The lowest BCUT2D eigenvalue weighted by molar-refractivity contribution is -0.132. The molecule has 1 aromatic heterocycles. The molecule has 0 radical (unpaired) electrons. The van der Waals surface area contributed by atoms with Crippen molar-refractivity contribution in [3.8, 4) is 16.9 Å². The summed E-state index contributed by atoms with van der Waals surface area (Å²) in [6, 6.07) is 4.30. The van der Waals surface area contributed by atoms with Crippen LogP contribution in [0.25, 0.3) is 11.1 Å². The van der Waals surface area contributed by atoms with E-state index in [1.165, 1.54) is 16.7 Å². The highest BCUT2D eigenvalue weighted by Gasteiger charge is 2.39. The first-order chi connectivity index (χ1) is 15.7. The summed E-state index contributed by atoms with van der Waals surface area (Å²) < 4.78 is 34.8. The third-order valence-electron chi connectivity index (χ3n) is 6.32. The Labute approximate surface area is 194 Å². The number of hydrogen-bond acceptors (Lipinski definition) is 7. The summed E-state index contributed by atoms with van der Waals surface area (Å²) in [5, 5.41) is 9.76. The van der Waals surface area contributed by atoms with Crippen LogP contribution in [0.5, 0.6) is 5.75 Å². The van der Waals surface area contributed by atoms with Crippen molar-refractivity contribution >= 4 is 15.9 Å². The molecule has 4 rings (SSSR count). The number of sulfonamides is 1. The van der Waals surface area contributed by atoms with Crippen LogP contribution in [0.2, 0.25) is 0 Å². The number of carbonyl (C=O) groups excluding carboxylic acids is 1. The van der Waals surface area contributed by atoms with Crippen molar-refractivity contribution < 1.29 is 23.1 Å². The first kappa shape index (κ1) is 23.6. The van der Waals surface area contributed by atoms with Crippen LogP contribution in [0.1, 0.15) is 26.7 Å². The van der Waals surface area contributed by atoms with E-state index < -0.39 is 22.2 Å². The second-order valence-electron chi connectivity index (χ2n) is 9.02. The van der Waals surface area contributed by atoms with Gasteiger partial charge >= 0.3 is 0 Å². The molecule has 0 saturated heterocycles. The molecule has 2 heterocycles. The number of aliphatic hydroxyl groups is 1. The van der Waals surface area contributed by atoms with Crippen LogP contribution in [-0.2, 0) is 14.8 Å². The molecular formula is C23H30N4O5S. The standard InChI is InChI=1S/C23H30N4O5S/c1-15-11-27(16(2)13-28)33(30,31)22-7-6-18(19-9-24-14-25-10-19)8-20(22)32-21(15)12-26(3)23(29)17-4-5-17/h6-10,14-17,21,28H,4-5,11-13H2,1-3H3/t15-,16-,21+/m1/s1. The number of nitrogens with zero attached hydrogens (tertiary/aromatic N) is 4. The summed E-state index contributed by atoms with van der Waals surface area (Å²) in [6.07, 6.45) is 6.12. The second kappa shape index (κ2) is 9.36. The van der Waals surface area contributed by atoms with E-state index in [4.69, 9.17) is 4.74 Å². The fourth-order valence-corrected chi connectivity index (χ4v) is 5.90. The fraction of sp³-hybridized carbons (Fsp3) is 0.522. The van der Waals surface area contributed by atoms with Crippen molar-refractivity contribution in [2.24, 2.45) is 11.8 Å². The van der Waals surface area contributed by atoms with E-state index >= 15 is 0 Å². The molecule has 1 aliphatic carbocycles. The summed E-state index contributed by atoms with van der Waals surface area (Å²) in [5.41, 5.74) is 1.45. The largest absolute Gasteiger partial charge is 0.487 e. The maximum atomic E-state index is 13.6. The molecule has 178 valence electrons. The predicted octanol–water partition coefficient (Wildman–Crippen LogP) is 1.78. The van der Waals surface area contributed by atoms with Crippen LogP contribution in [0.15, 0.2) is 41.8 Å². The summed E-state index contributed by atoms with van der Waals surface area (Å²) in [4.78, 5) is 22.4. The molecule has 1 aliphatic heterocycles. The Bertz CT molecular complexity index is 1110. The molecule has 33 heavy (non-hydrogen) atoms. The maximum absolute atomic E-state index is 13.6. The molecule has 10 heteroatoms. The summed E-state index contributed by atoms with van der Waals surface area (Å²) in [6.45, 7) is 3.81. The SMILES string of the molecule is C[C@@H]1CN([C@H](C)CO)S(=O)(=O)c2ccc(-c3cncnc3)cc2O[C@H]1CN(C)C(=O)C1CC1. The van der Waals surface area contributed by atoms with Crippen molar-refractivity contribution in [1.29, 1.82) is 0 Å². The molecule has 0 bridgehead atoms. The number of benzene rings is 1. The minimum atomic E-state index is -3.92. The quantitative estimate of drug-likeness (QED) is 0.679. The van der Waals surface area contributed by atoms with Gasteiger partial charge in [-0.2, -0.15) is 4.31 Å². The normalized spacial score (nSPS) is 23.5. The van der Waals surface area contributed by atoms with Gasteiger partial charge in [-0.25, -0.2) is 18.4 Å². The minimum absolute atomic E-state index is 0.0384. The molecule has 2 aromatic rings. The Morgan fingerprint density at radius 2 is 1.97 bits per heavy atom. The monoisotopic (exact) mass is 474 g/mol. The zero-order valence-electron chi connectivity index (χ0n) is 19.1. The lowest BCUT2D eigenvalue weighted by atomic mass is 10.0. The highest BCUT2D eigenvalue weighted by atomic mass is 32.2. The van der Waals surface area contributed by atoms with Crippen LogP contribution in [0.3, 0.4) is 0 Å². The Hall–Kier alpha value is -2.56. The van der Waals surface area contributed by atoms with Gasteiger partial charge in [-0.1, -0.05) is 13.0 Å². The van der Waals surface area contributed by atoms with Crippen LogP contribution in [0.4, 0.5) is 0 Å². The number of ether oxygens (including phenoxy) is 1. The summed E-state index contributed by atoms with van der Waals surface area (Å²) in [5.74, 6) is 0.175. The number of aromatic nitrogens is 2. The molecule has 1 amide bonds. The van der Waals surface area contributed by atoms with Gasteiger partial charge in [0.2, 0.25) is 15.9 Å². The Morgan fingerprint density at radius 1 is 1.27 bits per heavy atom. The van der Waals surface area contributed by atoms with Gasteiger partial charge in [0.1, 0.15) is 23.1 Å². The van der Waals surface area contributed by atoms with Crippen molar-refractivity contribution in [2.45, 2.75) is 43.7 Å². The van der Waals surface area contributed by atoms with Gasteiger partial charge in [0.05, 0.1) is 13.2 Å². The first-order valence-electron chi connectivity index (χ1n) is 11.2. The lowest BCUT2D eigenvalue weighted by Gasteiger charge is -2.37. The Morgan fingerprint density at radius 3 is 2.61 bits per heavy atom. The van der Waals surface area contributed by atoms with E-state index in [0.29, 0.717) is 6.54 Å². The lowest BCUT2D eigenvalue weighted by Crippen LogP contribution is -2.50. The number of amides is 1. The average Bonchev–Trinajstić information content (AvgIpc) is 3.66. The molecule has 1 aromatic carbocycles. The number of hydrogen-bond donors (Lipinski definition) is 1. The minimum Gasteiger partial charge on any atom is -0.487 e. The van der Waals surface area contributed by atoms with E-state index in [1.807, 2.05) is 6.92 Å². The van der Waals surface area contributed by atoms with Crippen molar-refractivity contribution in [2.75, 3.05) is 26.7 Å². The number of likely N-dealkylation sites (N-methyl/N-ethyl adjacent to an activating group) is 1. The first-order valence-corrected chi connectivity index (χ1v) is 12.6. The average molecular weight is 475 g/mol. The van der Waals surface area contributed by atoms with E-state index in [0.717, 1.165) is 24.0 Å². The van der Waals surface area contributed by atoms with Crippen LogP contribution in [-0.4, -0.2) is 77.5 Å². The topological polar surface area (TPSA) is 113 Å². The molecule has 1 N–H and O–H groups in total. The van der Waals surface area contributed by atoms with Crippen LogP contribution < -0.4 is 4.74 Å². The van der Waals surface area contributed by atoms with Gasteiger partial charge in [0.15, 0.2) is 0 Å². The van der Waals surface area contributed by atoms with E-state index in [1.54, 1.807) is 43.4 Å². The van der Waals surface area contributed by atoms with Crippen molar-refractivity contribution in [1.82, 2.24) is 19.2 Å². The van der Waals surface area contributed by atoms with E-state index in [-0.39, 0.29) is 41.5 Å². The molecular weight excluding hydrogens is 444 g/mol. The summed E-state index contributed by atoms with van der Waals surface area (Å²) >= 11 is 0. The number of fused-ring (bicyclic) bond motifs is 1. The molecule has 2 aliphatic rings. The molecule has 0 spiro atoms. The van der Waals surface area contributed by atoms with E-state index in [2.05, 4.69) is 9.97 Å². The van der Waals surface area contributed by atoms with Gasteiger partial charge in [-0.15, -0.1) is 0 Å². The van der Waals surface area contributed by atoms with Gasteiger partial charge in [0, 0.05) is 49.4 Å². The number of carbonyl (C=O) groups is 1. The molecule has 1 saturated carbocycles. The molecule has 1 fully saturated rings. The predicted molar refractivity (Wildman–Crippen MR) is 122 cm³/mol. The van der Waals surface area contributed by atoms with Gasteiger partial charge in [0.25, 0.3) is 0 Å². The van der Waals surface area contributed by atoms with Crippen molar-refractivity contribution in [3.05, 3.63) is 36.9 Å². The maximum Gasteiger partial charge on any atom is 0.247 e. The molecule has 9 nitrogen and oxygen atoms in total. The van der Waals surface area contributed by atoms with Crippen molar-refractivity contribution in [3.63, 3.8) is 0 Å². The summed E-state index contributed by atoms with van der Waals surface area (Å²) in [7, 11) is -2.16. The third kappa shape index (κ3) is 4.87. The van der Waals surface area contributed by atoms with E-state index in [9.17, 15) is 18.3 Å². The zero-order chi connectivity index (χ0) is 23.8. The Kier molecular flexibility index (Phi) is 6.69. The highest BCUT2D eigenvalue weighted by molar-refractivity contribution is 7.89. The van der Waals surface area contributed by atoms with Gasteiger partial charge in [-0.05, 0) is 37.5 Å². The Balaban J connectivity index is 1.76. The highest BCUT2D eigenvalue weighted by Crippen LogP contribution is 2.37. The number of rotatable bonds is 6. The smallest absolute Gasteiger partial charge is 0.247 e. The fourth-order valence-electron chi connectivity index (χ4n) is 4.07. The zero-order valence-corrected chi connectivity index (χ0v) is 19.9. The van der Waals surface area contributed by atoms with Gasteiger partial charge in [-0.3, -0.25) is 4.79 Å². The molecule has 3 atom stereocenters. The van der Waals surface area contributed by atoms with Gasteiger partial charge < -0.3 is 14.7 Å². The number of aliphatic hydroxyl groups excluding tert-OH is 1. The van der Waals surface area contributed by atoms with Crippen LogP contribution >= 0.6 is 0 Å². The van der Waals surface area contributed by atoms with Crippen LogP contribution in [0, 0.1) is 11.8 Å².